The number of methoxy groups -OCH3 is 1. The van der Waals surface area contributed by atoms with Crippen molar-refractivity contribution in [3.05, 3.63) is 18.3 Å². The molecule has 88 valence electrons. The lowest BCUT2D eigenvalue weighted by Crippen LogP contribution is -2.24. The van der Waals surface area contributed by atoms with Crippen LogP contribution in [0.3, 0.4) is 0 Å². The van der Waals surface area contributed by atoms with E-state index in [2.05, 4.69) is 9.72 Å². The van der Waals surface area contributed by atoms with E-state index in [9.17, 15) is 18.3 Å². The zero-order chi connectivity index (χ0) is 12.2. The second-order valence-electron chi connectivity index (χ2n) is 2.81. The first-order valence-corrected chi connectivity index (χ1v) is 5.81. The van der Waals surface area contributed by atoms with Crippen molar-refractivity contribution in [2.75, 3.05) is 17.6 Å². The summed E-state index contributed by atoms with van der Waals surface area (Å²) in [6, 6.07) is 2.70. The SMILES string of the molecule is COC(=O)CS(=O)(=O)Nc1ncccc1O. The van der Waals surface area contributed by atoms with Crippen molar-refractivity contribution in [2.45, 2.75) is 0 Å². The third-order valence-electron chi connectivity index (χ3n) is 1.57. The van der Waals surface area contributed by atoms with Gasteiger partial charge in [0.2, 0.25) is 10.0 Å². The van der Waals surface area contributed by atoms with Crippen molar-refractivity contribution in [1.82, 2.24) is 4.98 Å². The van der Waals surface area contributed by atoms with Gasteiger partial charge in [0.25, 0.3) is 0 Å². The van der Waals surface area contributed by atoms with Crippen LogP contribution in [0.1, 0.15) is 0 Å². The van der Waals surface area contributed by atoms with Crippen LogP contribution in [0.5, 0.6) is 5.75 Å². The zero-order valence-electron chi connectivity index (χ0n) is 8.37. The maximum absolute atomic E-state index is 11.4. The first-order chi connectivity index (χ1) is 7.44. The van der Waals surface area contributed by atoms with E-state index in [4.69, 9.17) is 0 Å². The van der Waals surface area contributed by atoms with Crippen molar-refractivity contribution in [3.63, 3.8) is 0 Å². The van der Waals surface area contributed by atoms with Crippen LogP contribution in [-0.2, 0) is 19.6 Å². The summed E-state index contributed by atoms with van der Waals surface area (Å²) in [6.07, 6.45) is 1.30. The Morgan fingerprint density at radius 1 is 1.62 bits per heavy atom. The molecule has 16 heavy (non-hydrogen) atoms. The molecule has 1 heterocycles. The molecule has 0 aliphatic carbocycles. The van der Waals surface area contributed by atoms with E-state index in [1.165, 1.54) is 18.3 Å². The average Bonchev–Trinajstić information content (AvgIpc) is 2.20. The Morgan fingerprint density at radius 2 is 2.31 bits per heavy atom. The Hall–Kier alpha value is -1.83. The molecule has 0 saturated heterocycles. The molecule has 0 aromatic carbocycles. The quantitative estimate of drug-likeness (QED) is 0.707. The van der Waals surface area contributed by atoms with Gasteiger partial charge in [0, 0.05) is 6.20 Å². The lowest BCUT2D eigenvalue weighted by molar-refractivity contribution is -0.137. The topological polar surface area (TPSA) is 106 Å². The lowest BCUT2D eigenvalue weighted by Gasteiger charge is -2.06. The Labute approximate surface area is 92.1 Å². The predicted molar refractivity (Wildman–Crippen MR) is 55.3 cm³/mol. The number of sulfonamides is 1. The van der Waals surface area contributed by atoms with Gasteiger partial charge in [-0.25, -0.2) is 13.4 Å². The number of carbonyl (C=O) groups is 1. The first-order valence-electron chi connectivity index (χ1n) is 4.16. The van der Waals surface area contributed by atoms with Crippen LogP contribution in [0.15, 0.2) is 18.3 Å². The monoisotopic (exact) mass is 246 g/mol. The minimum Gasteiger partial charge on any atom is -0.504 e. The number of nitrogens with zero attached hydrogens (tertiary/aromatic N) is 1. The van der Waals surface area contributed by atoms with E-state index in [0.717, 1.165) is 7.11 Å². The number of esters is 1. The van der Waals surface area contributed by atoms with Gasteiger partial charge < -0.3 is 9.84 Å². The number of hydrogen-bond acceptors (Lipinski definition) is 6. The van der Waals surface area contributed by atoms with Crippen molar-refractivity contribution < 1.29 is 23.1 Å². The van der Waals surface area contributed by atoms with Gasteiger partial charge in [0.15, 0.2) is 17.3 Å². The molecule has 2 N–H and O–H groups in total. The molecule has 0 atom stereocenters. The predicted octanol–water partition coefficient (Wildman–Crippen LogP) is -0.298. The van der Waals surface area contributed by atoms with E-state index >= 15 is 0 Å². The largest absolute Gasteiger partial charge is 0.504 e. The second kappa shape index (κ2) is 4.79. The number of nitrogens with one attached hydrogen (secondary N) is 1. The summed E-state index contributed by atoms with van der Waals surface area (Å²) in [7, 11) is -2.84. The van der Waals surface area contributed by atoms with Crippen LogP contribution in [0.25, 0.3) is 0 Å². The molecular formula is C8H10N2O5S. The maximum atomic E-state index is 11.4. The van der Waals surface area contributed by atoms with Gasteiger partial charge in [-0.3, -0.25) is 9.52 Å². The van der Waals surface area contributed by atoms with E-state index < -0.39 is 21.7 Å². The maximum Gasteiger partial charge on any atom is 0.322 e. The normalized spacial score (nSPS) is 10.8. The second-order valence-corrected chi connectivity index (χ2v) is 4.53. The Kier molecular flexibility index (Phi) is 3.67. The fourth-order valence-corrected chi connectivity index (χ4v) is 1.83. The zero-order valence-corrected chi connectivity index (χ0v) is 9.19. The van der Waals surface area contributed by atoms with E-state index in [0.29, 0.717) is 0 Å². The molecule has 7 nitrogen and oxygen atoms in total. The van der Waals surface area contributed by atoms with Crippen LogP contribution >= 0.6 is 0 Å². The molecule has 0 saturated carbocycles. The molecule has 1 aromatic rings. The molecule has 0 unspecified atom stereocenters. The summed E-state index contributed by atoms with van der Waals surface area (Å²) in [4.78, 5) is 14.4. The van der Waals surface area contributed by atoms with Crippen molar-refractivity contribution in [2.24, 2.45) is 0 Å². The summed E-state index contributed by atoms with van der Waals surface area (Å²) in [5.41, 5.74) is 0. The van der Waals surface area contributed by atoms with Crippen molar-refractivity contribution in [1.29, 1.82) is 0 Å². The van der Waals surface area contributed by atoms with Crippen LogP contribution in [0.2, 0.25) is 0 Å². The van der Waals surface area contributed by atoms with Crippen molar-refractivity contribution >= 4 is 21.8 Å². The summed E-state index contributed by atoms with van der Waals surface area (Å²) >= 11 is 0. The molecule has 0 aliphatic heterocycles. The van der Waals surface area contributed by atoms with Crippen molar-refractivity contribution in [3.8, 4) is 5.75 Å². The van der Waals surface area contributed by atoms with Crippen LogP contribution in [0.4, 0.5) is 5.82 Å². The van der Waals surface area contributed by atoms with Crippen LogP contribution < -0.4 is 4.72 Å². The van der Waals surface area contributed by atoms with Crippen LogP contribution in [-0.4, -0.2) is 37.3 Å². The number of aromatic hydroxyl groups is 1. The number of rotatable bonds is 4. The highest BCUT2D eigenvalue weighted by Crippen LogP contribution is 2.19. The number of ether oxygens (including phenoxy) is 1. The molecule has 0 aliphatic rings. The summed E-state index contributed by atoms with van der Waals surface area (Å²) in [5, 5.41) is 9.26. The minimum absolute atomic E-state index is 0.230. The molecule has 0 amide bonds. The highest BCUT2D eigenvalue weighted by atomic mass is 32.2. The number of anilines is 1. The lowest BCUT2D eigenvalue weighted by atomic mass is 10.4. The van der Waals surface area contributed by atoms with Gasteiger partial charge in [0.1, 0.15) is 0 Å². The Bertz CT molecular complexity index is 485. The highest BCUT2D eigenvalue weighted by molar-refractivity contribution is 7.93. The summed E-state index contributed by atoms with van der Waals surface area (Å²) in [6.45, 7) is 0. The minimum atomic E-state index is -3.92. The first kappa shape index (κ1) is 12.2. The highest BCUT2D eigenvalue weighted by Gasteiger charge is 2.18. The molecule has 0 fully saturated rings. The summed E-state index contributed by atoms with van der Waals surface area (Å²) < 4.78 is 28.9. The molecule has 1 rings (SSSR count). The van der Waals surface area contributed by atoms with E-state index in [1.54, 1.807) is 0 Å². The number of aromatic nitrogens is 1. The third-order valence-corrected chi connectivity index (χ3v) is 2.69. The van der Waals surface area contributed by atoms with E-state index in [1.807, 2.05) is 4.72 Å². The molecule has 0 radical (unpaired) electrons. The molecular weight excluding hydrogens is 236 g/mol. The van der Waals surface area contributed by atoms with E-state index in [-0.39, 0.29) is 11.6 Å². The van der Waals surface area contributed by atoms with Gasteiger partial charge in [-0.2, -0.15) is 0 Å². The standard InChI is InChI=1S/C8H10N2O5S/c1-15-7(12)5-16(13,14)10-8-6(11)3-2-4-9-8/h2-4,11H,5H2,1H3,(H,9,10). The molecule has 8 heteroatoms. The van der Waals surface area contributed by atoms with Gasteiger partial charge in [-0.15, -0.1) is 0 Å². The molecule has 0 spiro atoms. The van der Waals surface area contributed by atoms with Gasteiger partial charge in [-0.05, 0) is 12.1 Å². The number of pyridine rings is 1. The summed E-state index contributed by atoms with van der Waals surface area (Å²) in [5.74, 6) is -2.29. The van der Waals surface area contributed by atoms with Gasteiger partial charge >= 0.3 is 5.97 Å². The number of hydrogen-bond donors (Lipinski definition) is 2. The fraction of sp³-hybridized carbons (Fsp3) is 0.250. The smallest absolute Gasteiger partial charge is 0.322 e. The Balaban J connectivity index is 2.81. The third kappa shape index (κ3) is 3.39. The van der Waals surface area contributed by atoms with Gasteiger partial charge in [0.05, 0.1) is 7.11 Å². The fourth-order valence-electron chi connectivity index (χ4n) is 0.873. The molecule has 1 aromatic heterocycles. The molecule has 0 bridgehead atoms. The average molecular weight is 246 g/mol. The van der Waals surface area contributed by atoms with Gasteiger partial charge in [-0.1, -0.05) is 0 Å². The Morgan fingerprint density at radius 3 is 2.88 bits per heavy atom. The van der Waals surface area contributed by atoms with Crippen LogP contribution in [0, 0.1) is 0 Å². The number of carbonyl (C=O) groups excluding carboxylic acids is 1.